The average molecular weight is 369 g/mol. The highest BCUT2D eigenvalue weighted by atomic mass is 19.4. The zero-order valence-electron chi connectivity index (χ0n) is 14.7. The average Bonchev–Trinajstić information content (AvgIpc) is 3.28. The first kappa shape index (κ1) is 18.3. The second kappa shape index (κ2) is 7.38. The van der Waals surface area contributed by atoms with Gasteiger partial charge in [-0.15, -0.1) is 0 Å². The van der Waals surface area contributed by atoms with Gasteiger partial charge < -0.3 is 14.8 Å². The molecule has 2 aromatic rings. The Hall–Kier alpha value is -2.52. The molecule has 10 heteroatoms. The van der Waals surface area contributed by atoms with Crippen molar-refractivity contribution in [3.63, 3.8) is 0 Å². The summed E-state index contributed by atoms with van der Waals surface area (Å²) in [6.07, 6.45) is 3.30. The monoisotopic (exact) mass is 369 g/mol. The van der Waals surface area contributed by atoms with Crippen molar-refractivity contribution in [1.82, 2.24) is 29.5 Å². The lowest BCUT2D eigenvalue weighted by Gasteiger charge is -2.21. The maximum Gasteiger partial charge on any atom is 0.406 e. The number of imidazole rings is 1. The Kier molecular flexibility index (Phi) is 5.19. The number of aliphatic imine (C=N–C) groups is 1. The number of rotatable bonds is 4. The standard InChI is InChI=1S/C16H22F3N7/c1-20-15(22-8-14-21-4-6-26(14)11-16(17,18)19)25-5-3-12(10-25)13-7-23-24(2)9-13/h4,6-7,9,12H,3,5,8,10-11H2,1-2H3,(H,20,22). The van der Waals surface area contributed by atoms with Gasteiger partial charge in [0.25, 0.3) is 0 Å². The topological polar surface area (TPSA) is 63.3 Å². The molecule has 1 fully saturated rings. The van der Waals surface area contributed by atoms with E-state index in [0.717, 1.165) is 24.1 Å². The van der Waals surface area contributed by atoms with E-state index in [2.05, 4.69) is 25.3 Å². The Morgan fingerprint density at radius 1 is 1.42 bits per heavy atom. The van der Waals surface area contributed by atoms with Gasteiger partial charge in [0, 0.05) is 51.7 Å². The number of nitrogens with zero attached hydrogens (tertiary/aromatic N) is 6. The Labute approximate surface area is 149 Å². The Morgan fingerprint density at radius 3 is 2.88 bits per heavy atom. The van der Waals surface area contributed by atoms with Gasteiger partial charge >= 0.3 is 6.18 Å². The molecule has 1 saturated heterocycles. The highest BCUT2D eigenvalue weighted by Crippen LogP contribution is 2.26. The summed E-state index contributed by atoms with van der Waals surface area (Å²) in [4.78, 5) is 10.4. The quantitative estimate of drug-likeness (QED) is 0.659. The first-order valence-electron chi connectivity index (χ1n) is 8.36. The molecule has 142 valence electrons. The van der Waals surface area contributed by atoms with Crippen LogP contribution in [0.4, 0.5) is 13.2 Å². The molecule has 0 bridgehead atoms. The maximum absolute atomic E-state index is 12.6. The van der Waals surface area contributed by atoms with Crippen molar-refractivity contribution in [2.45, 2.75) is 31.6 Å². The zero-order chi connectivity index (χ0) is 18.7. The minimum Gasteiger partial charge on any atom is -0.349 e. The highest BCUT2D eigenvalue weighted by molar-refractivity contribution is 5.80. The second-order valence-electron chi connectivity index (χ2n) is 6.37. The van der Waals surface area contributed by atoms with E-state index in [1.807, 2.05) is 19.4 Å². The van der Waals surface area contributed by atoms with Crippen LogP contribution in [0.1, 0.15) is 23.7 Å². The summed E-state index contributed by atoms with van der Waals surface area (Å²) in [5.74, 6) is 1.36. The molecule has 7 nitrogen and oxygen atoms in total. The van der Waals surface area contributed by atoms with Crippen LogP contribution in [0, 0.1) is 0 Å². The lowest BCUT2D eigenvalue weighted by atomic mass is 10.0. The van der Waals surface area contributed by atoms with Gasteiger partial charge in [-0.1, -0.05) is 0 Å². The summed E-state index contributed by atoms with van der Waals surface area (Å²) >= 11 is 0. The lowest BCUT2D eigenvalue weighted by molar-refractivity contribution is -0.141. The third-order valence-electron chi connectivity index (χ3n) is 4.45. The predicted molar refractivity (Wildman–Crippen MR) is 90.6 cm³/mol. The molecule has 0 aliphatic carbocycles. The van der Waals surface area contributed by atoms with E-state index >= 15 is 0 Å². The number of likely N-dealkylation sites (tertiary alicyclic amines) is 1. The van der Waals surface area contributed by atoms with Gasteiger partial charge in [0.1, 0.15) is 12.4 Å². The van der Waals surface area contributed by atoms with Crippen LogP contribution < -0.4 is 5.32 Å². The third-order valence-corrected chi connectivity index (χ3v) is 4.45. The molecule has 3 heterocycles. The number of alkyl halides is 3. The number of aryl methyl sites for hydroxylation is 1. The van der Waals surface area contributed by atoms with Crippen molar-refractivity contribution in [3.05, 3.63) is 36.2 Å². The fourth-order valence-electron chi connectivity index (χ4n) is 3.21. The summed E-state index contributed by atoms with van der Waals surface area (Å²) in [6, 6.07) is 0. The van der Waals surface area contributed by atoms with Crippen molar-refractivity contribution < 1.29 is 13.2 Å². The second-order valence-corrected chi connectivity index (χ2v) is 6.37. The number of nitrogens with one attached hydrogen (secondary N) is 1. The Morgan fingerprint density at radius 2 is 2.23 bits per heavy atom. The number of guanidine groups is 1. The van der Waals surface area contributed by atoms with Crippen LogP contribution in [0.25, 0.3) is 0 Å². The Bertz CT molecular complexity index is 762. The van der Waals surface area contributed by atoms with Crippen molar-refractivity contribution in [1.29, 1.82) is 0 Å². The zero-order valence-corrected chi connectivity index (χ0v) is 14.7. The minimum atomic E-state index is -4.27. The van der Waals surface area contributed by atoms with E-state index < -0.39 is 12.7 Å². The number of halogens is 3. The minimum absolute atomic E-state index is 0.184. The fourth-order valence-corrected chi connectivity index (χ4v) is 3.21. The van der Waals surface area contributed by atoms with Gasteiger partial charge in [0.05, 0.1) is 12.7 Å². The van der Waals surface area contributed by atoms with E-state index in [9.17, 15) is 13.2 Å². The molecule has 26 heavy (non-hydrogen) atoms. The molecule has 0 amide bonds. The van der Waals surface area contributed by atoms with Gasteiger partial charge in [-0.05, 0) is 12.0 Å². The molecule has 1 aliphatic rings. The molecule has 0 spiro atoms. The molecule has 1 N–H and O–H groups in total. The molecule has 1 aliphatic heterocycles. The molecule has 1 atom stereocenters. The molecule has 0 radical (unpaired) electrons. The molecular weight excluding hydrogens is 347 g/mol. The van der Waals surface area contributed by atoms with Crippen LogP contribution in [0.3, 0.4) is 0 Å². The van der Waals surface area contributed by atoms with Gasteiger partial charge in [-0.25, -0.2) is 4.98 Å². The summed E-state index contributed by atoms with van der Waals surface area (Å²) in [7, 11) is 3.56. The molecule has 1 unspecified atom stereocenters. The van der Waals surface area contributed by atoms with Crippen molar-refractivity contribution >= 4 is 5.96 Å². The normalized spacial score (nSPS) is 18.6. The molecule has 2 aromatic heterocycles. The van der Waals surface area contributed by atoms with Crippen molar-refractivity contribution in [2.24, 2.45) is 12.0 Å². The van der Waals surface area contributed by atoms with Gasteiger partial charge in [0.2, 0.25) is 0 Å². The summed E-state index contributed by atoms with van der Waals surface area (Å²) in [6.45, 7) is 0.762. The number of hydrogen-bond donors (Lipinski definition) is 1. The van der Waals surface area contributed by atoms with E-state index in [0.29, 0.717) is 17.7 Å². The van der Waals surface area contributed by atoms with Crippen molar-refractivity contribution in [3.8, 4) is 0 Å². The van der Waals surface area contributed by atoms with Crippen LogP contribution in [0.2, 0.25) is 0 Å². The van der Waals surface area contributed by atoms with Crippen LogP contribution in [-0.2, 0) is 20.1 Å². The van der Waals surface area contributed by atoms with E-state index in [1.54, 1.807) is 11.7 Å². The van der Waals surface area contributed by atoms with Gasteiger partial charge in [-0.2, -0.15) is 18.3 Å². The van der Waals surface area contributed by atoms with E-state index in [4.69, 9.17) is 0 Å². The van der Waals surface area contributed by atoms with Gasteiger partial charge in [-0.3, -0.25) is 9.67 Å². The molecule has 3 rings (SSSR count). The van der Waals surface area contributed by atoms with Crippen LogP contribution in [-0.4, -0.2) is 56.5 Å². The molecule has 0 aromatic carbocycles. The molecular formula is C16H22F3N7. The molecule has 0 saturated carbocycles. The Balaban J connectivity index is 1.59. The SMILES string of the molecule is CN=C(NCc1nccn1CC(F)(F)F)N1CCC(c2cnn(C)c2)C1. The fraction of sp³-hybridized carbons (Fsp3) is 0.562. The van der Waals surface area contributed by atoms with Gasteiger partial charge in [0.15, 0.2) is 5.96 Å². The van der Waals surface area contributed by atoms with Crippen LogP contribution in [0.15, 0.2) is 29.8 Å². The number of hydrogen-bond acceptors (Lipinski definition) is 3. The van der Waals surface area contributed by atoms with Crippen molar-refractivity contribution in [2.75, 3.05) is 20.1 Å². The summed E-state index contributed by atoms with van der Waals surface area (Å²) in [5.41, 5.74) is 1.19. The summed E-state index contributed by atoms with van der Waals surface area (Å²) in [5, 5.41) is 7.33. The maximum atomic E-state index is 12.6. The summed E-state index contributed by atoms with van der Waals surface area (Å²) < 4.78 is 40.7. The first-order valence-corrected chi connectivity index (χ1v) is 8.36. The third kappa shape index (κ3) is 4.36. The van der Waals surface area contributed by atoms with Crippen LogP contribution >= 0.6 is 0 Å². The highest BCUT2D eigenvalue weighted by Gasteiger charge is 2.29. The smallest absolute Gasteiger partial charge is 0.349 e. The largest absolute Gasteiger partial charge is 0.406 e. The first-order chi connectivity index (χ1) is 12.4. The number of aromatic nitrogens is 4. The lowest BCUT2D eigenvalue weighted by Crippen LogP contribution is -2.40. The van der Waals surface area contributed by atoms with E-state index in [-0.39, 0.29) is 6.54 Å². The van der Waals surface area contributed by atoms with Crippen LogP contribution in [0.5, 0.6) is 0 Å². The van der Waals surface area contributed by atoms with E-state index in [1.165, 1.54) is 18.0 Å². The predicted octanol–water partition coefficient (Wildman–Crippen LogP) is 1.74.